The largest absolute Gasteiger partial charge is 2.00 e. The molecule has 0 aliphatic carbocycles. The fourth-order valence-corrected chi connectivity index (χ4v) is 0. The van der Waals surface area contributed by atoms with Gasteiger partial charge in [0.2, 0.25) is 0 Å². The summed E-state index contributed by atoms with van der Waals surface area (Å²) < 4.78 is 0. The topological polar surface area (TPSA) is 253 Å². The van der Waals surface area contributed by atoms with Crippen molar-refractivity contribution in [2.75, 3.05) is 0 Å². The van der Waals surface area contributed by atoms with E-state index in [4.69, 9.17) is 60.0 Å². The van der Waals surface area contributed by atoms with Crippen LogP contribution in [0.15, 0.2) is 0 Å². The molecule has 0 spiro atoms. The van der Waals surface area contributed by atoms with Gasteiger partial charge < -0.3 is 60.0 Å². The summed E-state index contributed by atoms with van der Waals surface area (Å²) >= 11 is 0. The average Bonchev–Trinajstić information content (AvgIpc) is 1.76. The van der Waals surface area contributed by atoms with Crippen LogP contribution < -0.4 is 40.9 Å². The van der Waals surface area contributed by atoms with Gasteiger partial charge in [0.25, 0.3) is 0 Å². The van der Waals surface area contributed by atoms with Crippen molar-refractivity contribution in [3.63, 3.8) is 0 Å². The molecule has 0 heterocycles. The molecule has 20 heavy (non-hydrogen) atoms. The molecule has 0 fully saturated rings. The third-order valence-corrected chi connectivity index (χ3v) is 0. The first-order chi connectivity index (χ1) is 6.93. The first kappa shape index (κ1) is 50.8. The summed E-state index contributed by atoms with van der Waals surface area (Å²) in [6.45, 7) is 0. The van der Waals surface area contributed by atoms with E-state index in [9.17, 15) is 0 Å². The molecule has 0 aromatic rings. The van der Waals surface area contributed by atoms with Crippen molar-refractivity contribution in [3.8, 4) is 0 Å². The number of hydrogen-bond acceptors (Lipinski definition) is 12. The predicted octanol–water partition coefficient (Wildman–Crippen LogP) is -9.80. The molecule has 0 aliphatic rings. The van der Waals surface area contributed by atoms with Gasteiger partial charge >= 0.3 is 67.7 Å². The molecule has 0 saturated carbocycles. The van der Waals surface area contributed by atoms with Crippen LogP contribution in [-0.4, -0.2) is 24.6 Å². The Kier molecular flexibility index (Phi) is 109. The molecule has 12 nitrogen and oxygen atoms in total. The monoisotopic (exact) mass is 472 g/mol. The SMILES string of the molecule is O=C([O-])[O-].O=C([O-])[O-].O=C([O-])[O-].O=C([O-])[O-].[Cu+2].[Fe+2].[Mn+2].[Ni+2]. The fraction of sp³-hybridized carbons (Fsp3) is 0. The minimum Gasteiger partial charge on any atom is -0.652 e. The van der Waals surface area contributed by atoms with Gasteiger partial charge in [-0.3, -0.25) is 0 Å². The Morgan fingerprint density at radius 2 is 0.500 bits per heavy atom. The van der Waals surface area contributed by atoms with E-state index in [0.29, 0.717) is 0 Å². The van der Waals surface area contributed by atoms with Gasteiger partial charge in [-0.1, -0.05) is 0 Å². The molecule has 0 atom stereocenters. The molecular weight excluding hydrogens is 473 g/mol. The molecule has 16 heteroatoms. The zero-order chi connectivity index (χ0) is 14.3. The summed E-state index contributed by atoms with van der Waals surface area (Å²) in [5.41, 5.74) is 0. The molecule has 124 valence electrons. The van der Waals surface area contributed by atoms with Crippen LogP contribution in [-0.2, 0) is 67.7 Å². The Labute approximate surface area is 152 Å². The number of hydrogen-bond donors (Lipinski definition) is 0. The van der Waals surface area contributed by atoms with Crippen molar-refractivity contribution in [1.29, 1.82) is 0 Å². The van der Waals surface area contributed by atoms with Gasteiger partial charge in [-0.25, -0.2) is 0 Å². The first-order valence-electron chi connectivity index (χ1n) is 2.45. The van der Waals surface area contributed by atoms with Crippen molar-refractivity contribution < 1.29 is 128 Å². The molecule has 2 radical (unpaired) electrons. The fourth-order valence-electron chi connectivity index (χ4n) is 0. The Hall–Kier alpha value is -0.868. The third kappa shape index (κ3) is 5920. The minimum atomic E-state index is -2.33. The smallest absolute Gasteiger partial charge is 0.652 e. The van der Waals surface area contributed by atoms with Crippen molar-refractivity contribution in [3.05, 3.63) is 0 Å². The maximum Gasteiger partial charge on any atom is 2.00 e. The van der Waals surface area contributed by atoms with E-state index in [1.54, 1.807) is 0 Å². The number of carbonyl (C=O) groups is 4. The standard InChI is InChI=1S/4CH2O3.Cu.Fe.Mn.Ni/c4*2-1(3)4;;;;/h4*(H2,2,3,4);;;;/q;;;;4*+2/p-8. The van der Waals surface area contributed by atoms with Crippen LogP contribution in [0.1, 0.15) is 0 Å². The van der Waals surface area contributed by atoms with Gasteiger partial charge in [-0.15, -0.1) is 0 Å². The molecule has 0 saturated heterocycles. The van der Waals surface area contributed by atoms with Gasteiger partial charge in [-0.05, 0) is 24.6 Å². The van der Waals surface area contributed by atoms with Gasteiger partial charge in [0.05, 0.1) is 0 Å². The van der Waals surface area contributed by atoms with Crippen LogP contribution in [0.4, 0.5) is 19.2 Å². The van der Waals surface area contributed by atoms with E-state index in [2.05, 4.69) is 0 Å². The van der Waals surface area contributed by atoms with Gasteiger partial charge in [0, 0.05) is 0 Å². The van der Waals surface area contributed by atoms with Gasteiger partial charge in [0.15, 0.2) is 0 Å². The molecule has 0 N–H and O–H groups in total. The predicted molar refractivity (Wildman–Crippen MR) is 21.6 cm³/mol. The van der Waals surface area contributed by atoms with Crippen molar-refractivity contribution >= 4 is 24.6 Å². The van der Waals surface area contributed by atoms with E-state index >= 15 is 0 Å². The second-order valence-corrected chi connectivity index (χ2v) is 1.00. The molecule has 0 unspecified atom stereocenters. The van der Waals surface area contributed by atoms with E-state index in [1.165, 1.54) is 0 Å². The summed E-state index contributed by atoms with van der Waals surface area (Å²) in [7, 11) is 0. The first-order valence-corrected chi connectivity index (χ1v) is 2.45. The summed E-state index contributed by atoms with van der Waals surface area (Å²) in [5.74, 6) is 0. The Bertz CT molecular complexity index is 175. The third-order valence-electron chi connectivity index (χ3n) is 0. The second kappa shape index (κ2) is 42.9. The summed E-state index contributed by atoms with van der Waals surface area (Å²) in [4.78, 5) is 33.3. The molecular formula is C4CuFeMnNiO12. The average molecular weight is 473 g/mol. The maximum atomic E-state index is 8.33. The molecule has 0 aromatic carbocycles. The number of rotatable bonds is 0. The Morgan fingerprint density at radius 3 is 0.500 bits per heavy atom. The number of carbonyl (C=O) groups excluding carboxylic acids is 4. The second-order valence-electron chi connectivity index (χ2n) is 1.00. The Morgan fingerprint density at radius 1 is 0.500 bits per heavy atom. The van der Waals surface area contributed by atoms with Crippen LogP contribution in [0.2, 0.25) is 0 Å². The van der Waals surface area contributed by atoms with Crippen molar-refractivity contribution in [2.24, 2.45) is 0 Å². The Balaban J connectivity index is -0.0000000150. The van der Waals surface area contributed by atoms with Gasteiger partial charge in [-0.2, -0.15) is 0 Å². The summed E-state index contributed by atoms with van der Waals surface area (Å²) in [5, 5.41) is 66.7. The van der Waals surface area contributed by atoms with Gasteiger partial charge in [0.1, 0.15) is 0 Å². The zero-order valence-electron chi connectivity index (χ0n) is 8.25. The molecule has 0 aromatic heterocycles. The van der Waals surface area contributed by atoms with Crippen LogP contribution in [0.3, 0.4) is 0 Å². The number of carboxylic acid groups (broad SMARTS) is 8. The quantitative estimate of drug-likeness (QED) is 0.297. The van der Waals surface area contributed by atoms with E-state index < -0.39 is 24.6 Å². The van der Waals surface area contributed by atoms with Crippen LogP contribution in [0.25, 0.3) is 0 Å². The van der Waals surface area contributed by atoms with E-state index in [1.807, 2.05) is 0 Å². The summed E-state index contributed by atoms with van der Waals surface area (Å²) in [6.07, 6.45) is -9.33. The maximum absolute atomic E-state index is 8.33. The minimum absolute atomic E-state index is 0. The van der Waals surface area contributed by atoms with Crippen LogP contribution in [0.5, 0.6) is 0 Å². The van der Waals surface area contributed by atoms with E-state index in [-0.39, 0.29) is 67.7 Å². The molecule has 0 rings (SSSR count). The normalized spacial score (nSPS) is 4.80. The molecule has 0 bridgehead atoms. The molecule has 0 amide bonds. The van der Waals surface area contributed by atoms with E-state index in [0.717, 1.165) is 0 Å². The molecule has 0 aliphatic heterocycles. The van der Waals surface area contributed by atoms with Crippen LogP contribution in [0, 0.1) is 0 Å². The van der Waals surface area contributed by atoms with Crippen molar-refractivity contribution in [1.82, 2.24) is 0 Å². The summed E-state index contributed by atoms with van der Waals surface area (Å²) in [6, 6.07) is 0. The van der Waals surface area contributed by atoms with Crippen molar-refractivity contribution in [2.45, 2.75) is 0 Å². The van der Waals surface area contributed by atoms with Crippen LogP contribution >= 0.6 is 0 Å². The zero-order valence-corrected chi connectivity index (χ0v) is 12.5.